The number of rotatable bonds is 4. The van der Waals surface area contributed by atoms with E-state index in [1.807, 2.05) is 24.4 Å². The Bertz CT molecular complexity index is 540. The van der Waals surface area contributed by atoms with Crippen LogP contribution in [-0.4, -0.2) is 10.8 Å². The maximum Gasteiger partial charge on any atom is 0.186 e. The fourth-order valence-corrected chi connectivity index (χ4v) is 2.41. The summed E-state index contributed by atoms with van der Waals surface area (Å²) in [7, 11) is 0. The first-order chi connectivity index (χ1) is 8.56. The van der Waals surface area contributed by atoms with E-state index in [1.54, 1.807) is 0 Å². The number of carbonyl (C=O) groups excluding carboxylic acids is 1. The molecule has 0 bridgehead atoms. The number of thiazole rings is 1. The molecule has 0 N–H and O–H groups in total. The Labute approximate surface area is 112 Å². The maximum absolute atomic E-state index is 12.0. The van der Waals surface area contributed by atoms with Gasteiger partial charge in [0.05, 0.1) is 5.01 Å². The average Bonchev–Trinajstić information content (AvgIpc) is 2.76. The van der Waals surface area contributed by atoms with Gasteiger partial charge in [0.25, 0.3) is 0 Å². The first-order valence-corrected chi connectivity index (χ1v) is 6.98. The molecule has 1 heterocycles. The number of Topliss-reactive ketones (excluding diaryl/α,β-unsaturated/α-hetero) is 1. The van der Waals surface area contributed by atoms with Gasteiger partial charge in [0.2, 0.25) is 0 Å². The van der Waals surface area contributed by atoms with Crippen LogP contribution in [0.3, 0.4) is 0 Å². The summed E-state index contributed by atoms with van der Waals surface area (Å²) in [6.07, 6.45) is 0.432. The quantitative estimate of drug-likeness (QED) is 0.777. The van der Waals surface area contributed by atoms with E-state index in [2.05, 4.69) is 31.0 Å². The van der Waals surface area contributed by atoms with Crippen LogP contribution >= 0.6 is 11.3 Å². The first-order valence-electron chi connectivity index (χ1n) is 6.10. The van der Waals surface area contributed by atoms with Gasteiger partial charge in [-0.15, -0.1) is 11.3 Å². The van der Waals surface area contributed by atoms with E-state index in [4.69, 9.17) is 0 Å². The molecule has 1 aromatic heterocycles. The first kappa shape index (κ1) is 13.0. The van der Waals surface area contributed by atoms with Crippen molar-refractivity contribution >= 4 is 17.1 Å². The highest BCUT2D eigenvalue weighted by Crippen LogP contribution is 2.16. The molecule has 0 aliphatic rings. The minimum Gasteiger partial charge on any atom is -0.292 e. The Hall–Kier alpha value is -1.48. The summed E-state index contributed by atoms with van der Waals surface area (Å²) >= 11 is 1.52. The van der Waals surface area contributed by atoms with E-state index in [-0.39, 0.29) is 5.78 Å². The molecule has 0 spiro atoms. The third-order valence-electron chi connectivity index (χ3n) is 2.92. The number of benzene rings is 1. The minimum atomic E-state index is 0.0941. The van der Waals surface area contributed by atoms with Crippen molar-refractivity contribution in [2.45, 2.75) is 33.1 Å². The molecule has 0 unspecified atom stereocenters. The lowest BCUT2D eigenvalue weighted by Crippen LogP contribution is -2.04. The Morgan fingerprint density at radius 3 is 2.44 bits per heavy atom. The molecule has 2 nitrogen and oxygen atoms in total. The van der Waals surface area contributed by atoms with Gasteiger partial charge in [-0.3, -0.25) is 4.79 Å². The SMILES string of the molecule is Cc1nc(C(=O)Cc2ccc(C(C)C)cc2)cs1. The second kappa shape index (κ2) is 5.44. The Morgan fingerprint density at radius 1 is 1.28 bits per heavy atom. The standard InChI is InChI=1S/C15H17NOS/c1-10(2)13-6-4-12(5-7-13)8-15(17)14-9-18-11(3)16-14/h4-7,9-10H,8H2,1-3H3. The molecule has 0 saturated heterocycles. The molecule has 0 aliphatic carbocycles. The van der Waals surface area contributed by atoms with Crippen LogP contribution in [-0.2, 0) is 6.42 Å². The predicted molar refractivity (Wildman–Crippen MR) is 75.4 cm³/mol. The Kier molecular flexibility index (Phi) is 3.92. The van der Waals surface area contributed by atoms with Crippen molar-refractivity contribution in [1.82, 2.24) is 4.98 Å². The lowest BCUT2D eigenvalue weighted by Gasteiger charge is -2.06. The van der Waals surface area contributed by atoms with Crippen molar-refractivity contribution in [2.75, 3.05) is 0 Å². The molecule has 2 aromatic rings. The second-order valence-corrected chi connectivity index (χ2v) is 5.81. The van der Waals surface area contributed by atoms with Gasteiger partial charge >= 0.3 is 0 Å². The molecule has 0 amide bonds. The van der Waals surface area contributed by atoms with E-state index in [9.17, 15) is 4.79 Å². The van der Waals surface area contributed by atoms with E-state index in [0.717, 1.165) is 10.6 Å². The number of ketones is 1. The van der Waals surface area contributed by atoms with E-state index in [0.29, 0.717) is 18.0 Å². The Balaban J connectivity index is 2.07. The van der Waals surface area contributed by atoms with Crippen LogP contribution in [0.1, 0.15) is 46.4 Å². The minimum absolute atomic E-state index is 0.0941. The Morgan fingerprint density at radius 2 is 1.94 bits per heavy atom. The number of nitrogens with zero attached hydrogens (tertiary/aromatic N) is 1. The summed E-state index contributed by atoms with van der Waals surface area (Å²) in [5.74, 6) is 0.618. The molecule has 2 rings (SSSR count). The number of hydrogen-bond donors (Lipinski definition) is 0. The molecule has 0 atom stereocenters. The maximum atomic E-state index is 12.0. The highest BCUT2D eigenvalue weighted by Gasteiger charge is 2.10. The second-order valence-electron chi connectivity index (χ2n) is 4.75. The monoisotopic (exact) mass is 259 g/mol. The van der Waals surface area contributed by atoms with E-state index in [1.165, 1.54) is 16.9 Å². The van der Waals surface area contributed by atoms with Crippen LogP contribution < -0.4 is 0 Å². The summed E-state index contributed by atoms with van der Waals surface area (Å²) < 4.78 is 0. The van der Waals surface area contributed by atoms with Gasteiger partial charge < -0.3 is 0 Å². The fourth-order valence-electron chi connectivity index (χ4n) is 1.79. The summed E-state index contributed by atoms with van der Waals surface area (Å²) in [5.41, 5.74) is 2.94. The lowest BCUT2D eigenvalue weighted by molar-refractivity contribution is 0.0989. The van der Waals surface area contributed by atoms with Gasteiger partial charge in [-0.05, 0) is 24.0 Å². The van der Waals surface area contributed by atoms with Crippen LogP contribution in [0.15, 0.2) is 29.6 Å². The van der Waals surface area contributed by atoms with Gasteiger partial charge in [-0.25, -0.2) is 4.98 Å². The highest BCUT2D eigenvalue weighted by molar-refractivity contribution is 7.09. The number of hydrogen-bond acceptors (Lipinski definition) is 3. The van der Waals surface area contributed by atoms with Crippen LogP contribution in [0, 0.1) is 6.92 Å². The third kappa shape index (κ3) is 3.05. The molecular formula is C15H17NOS. The summed E-state index contributed by atoms with van der Waals surface area (Å²) in [6.45, 7) is 6.25. The lowest BCUT2D eigenvalue weighted by atomic mass is 10.00. The average molecular weight is 259 g/mol. The molecule has 94 valence electrons. The van der Waals surface area contributed by atoms with Gasteiger partial charge in [0.15, 0.2) is 5.78 Å². The van der Waals surface area contributed by atoms with E-state index >= 15 is 0 Å². The molecule has 0 saturated carbocycles. The van der Waals surface area contributed by atoms with Crippen molar-refractivity contribution in [3.63, 3.8) is 0 Å². The molecule has 1 aromatic carbocycles. The largest absolute Gasteiger partial charge is 0.292 e. The zero-order valence-electron chi connectivity index (χ0n) is 10.9. The molecule has 0 aliphatic heterocycles. The summed E-state index contributed by atoms with van der Waals surface area (Å²) in [5, 5.41) is 2.77. The van der Waals surface area contributed by atoms with Crippen LogP contribution in [0.4, 0.5) is 0 Å². The van der Waals surface area contributed by atoms with Gasteiger partial charge in [0, 0.05) is 11.8 Å². The molecule has 0 fully saturated rings. The zero-order chi connectivity index (χ0) is 13.1. The smallest absolute Gasteiger partial charge is 0.186 e. The fraction of sp³-hybridized carbons (Fsp3) is 0.333. The summed E-state index contributed by atoms with van der Waals surface area (Å²) in [4.78, 5) is 16.2. The number of aromatic nitrogens is 1. The number of carbonyl (C=O) groups is 1. The molecular weight excluding hydrogens is 242 g/mol. The summed E-state index contributed by atoms with van der Waals surface area (Å²) in [6, 6.07) is 8.26. The molecule has 18 heavy (non-hydrogen) atoms. The van der Waals surface area contributed by atoms with Crippen LogP contribution in [0.5, 0.6) is 0 Å². The highest BCUT2D eigenvalue weighted by atomic mass is 32.1. The van der Waals surface area contributed by atoms with Crippen LogP contribution in [0.2, 0.25) is 0 Å². The van der Waals surface area contributed by atoms with E-state index < -0.39 is 0 Å². The zero-order valence-corrected chi connectivity index (χ0v) is 11.8. The van der Waals surface area contributed by atoms with Crippen molar-refractivity contribution in [2.24, 2.45) is 0 Å². The number of aryl methyl sites for hydroxylation is 1. The van der Waals surface area contributed by atoms with Crippen molar-refractivity contribution in [1.29, 1.82) is 0 Å². The molecule has 0 radical (unpaired) electrons. The van der Waals surface area contributed by atoms with Gasteiger partial charge in [0.1, 0.15) is 5.69 Å². The predicted octanol–water partition coefficient (Wildman–Crippen LogP) is 4.00. The van der Waals surface area contributed by atoms with Crippen molar-refractivity contribution in [3.8, 4) is 0 Å². The van der Waals surface area contributed by atoms with Crippen molar-refractivity contribution < 1.29 is 4.79 Å². The third-order valence-corrected chi connectivity index (χ3v) is 3.69. The van der Waals surface area contributed by atoms with Crippen LogP contribution in [0.25, 0.3) is 0 Å². The molecule has 3 heteroatoms. The topological polar surface area (TPSA) is 30.0 Å². The van der Waals surface area contributed by atoms with Gasteiger partial charge in [-0.1, -0.05) is 38.1 Å². The van der Waals surface area contributed by atoms with Gasteiger partial charge in [-0.2, -0.15) is 0 Å². The van der Waals surface area contributed by atoms with Crippen molar-refractivity contribution in [3.05, 3.63) is 51.5 Å². The normalized spacial score (nSPS) is 10.9.